The second-order valence-corrected chi connectivity index (χ2v) is 6.50. The van der Waals surface area contributed by atoms with Crippen LogP contribution in [0.3, 0.4) is 0 Å². The van der Waals surface area contributed by atoms with Crippen LogP contribution < -0.4 is 0 Å². The van der Waals surface area contributed by atoms with Gasteiger partial charge >= 0.3 is 0 Å². The zero-order valence-corrected chi connectivity index (χ0v) is 14.1. The molecule has 0 N–H and O–H groups in total. The lowest BCUT2D eigenvalue weighted by atomic mass is 9.89. The number of allylic oxidation sites excluding steroid dienone is 1. The Bertz CT molecular complexity index is 1060. The van der Waals surface area contributed by atoms with E-state index in [9.17, 15) is 0 Å². The molecule has 0 heterocycles. The predicted octanol–water partition coefficient (Wildman–Crippen LogP) is 7.08. The highest BCUT2D eigenvalue weighted by Crippen LogP contribution is 2.37. The molecule has 0 radical (unpaired) electrons. The molecule has 116 valence electrons. The van der Waals surface area contributed by atoms with Gasteiger partial charge < -0.3 is 0 Å². The monoisotopic (exact) mass is 308 g/mol. The van der Waals surface area contributed by atoms with E-state index in [4.69, 9.17) is 0 Å². The number of hydrogen-bond acceptors (Lipinski definition) is 0. The minimum atomic E-state index is 1.28. The molecule has 0 aliphatic heterocycles. The van der Waals surface area contributed by atoms with Crippen LogP contribution in [0.4, 0.5) is 0 Å². The summed E-state index contributed by atoms with van der Waals surface area (Å²) in [6, 6.07) is 28.3. The molecule has 4 aromatic rings. The molecule has 0 saturated carbocycles. The highest BCUT2D eigenvalue weighted by molar-refractivity contribution is 6.08. The first-order valence-electron chi connectivity index (χ1n) is 8.39. The molecule has 24 heavy (non-hydrogen) atoms. The van der Waals surface area contributed by atoms with Crippen molar-refractivity contribution in [3.63, 3.8) is 0 Å². The Hall–Kier alpha value is -2.86. The maximum Gasteiger partial charge on any atom is -0.00266 e. The van der Waals surface area contributed by atoms with Gasteiger partial charge in [-0.25, -0.2) is 0 Å². The number of rotatable bonds is 2. The second-order valence-electron chi connectivity index (χ2n) is 6.50. The summed E-state index contributed by atoms with van der Waals surface area (Å²) in [4.78, 5) is 0. The Labute approximate surface area is 143 Å². The maximum absolute atomic E-state index is 2.28. The lowest BCUT2D eigenvalue weighted by Crippen LogP contribution is -1.89. The Morgan fingerprint density at radius 3 is 2.00 bits per heavy atom. The van der Waals surface area contributed by atoms with Gasteiger partial charge in [0, 0.05) is 0 Å². The molecule has 4 aromatic carbocycles. The fraction of sp³-hybridized carbons (Fsp3) is 0.0833. The molecule has 0 nitrogen and oxygen atoms in total. The van der Waals surface area contributed by atoms with Gasteiger partial charge in [0.1, 0.15) is 0 Å². The van der Waals surface area contributed by atoms with Crippen LogP contribution >= 0.6 is 0 Å². The lowest BCUT2D eigenvalue weighted by Gasteiger charge is -2.14. The SMILES string of the molecule is CC(C)=Cc1ccc2ccccc2c1-c1cccc2ccccc12. The summed E-state index contributed by atoms with van der Waals surface area (Å²) in [6.07, 6.45) is 2.28. The van der Waals surface area contributed by atoms with Crippen molar-refractivity contribution in [2.45, 2.75) is 13.8 Å². The zero-order chi connectivity index (χ0) is 16.5. The average Bonchev–Trinajstić information content (AvgIpc) is 2.61. The summed E-state index contributed by atoms with van der Waals surface area (Å²) in [5, 5.41) is 5.18. The largest absolute Gasteiger partial charge is 0.0758 e. The molecule has 0 heteroatoms. The third kappa shape index (κ3) is 2.51. The van der Waals surface area contributed by atoms with Crippen LogP contribution in [0.2, 0.25) is 0 Å². The molecule has 0 aromatic heterocycles. The lowest BCUT2D eigenvalue weighted by molar-refractivity contribution is 1.42. The van der Waals surface area contributed by atoms with E-state index in [1.807, 2.05) is 0 Å². The maximum atomic E-state index is 2.28. The van der Waals surface area contributed by atoms with Crippen LogP contribution in [0, 0.1) is 0 Å². The molecule has 0 saturated heterocycles. The van der Waals surface area contributed by atoms with E-state index in [0.717, 1.165) is 0 Å². The smallest absolute Gasteiger partial charge is 0.00266 e. The highest BCUT2D eigenvalue weighted by atomic mass is 14.1. The Morgan fingerprint density at radius 1 is 0.625 bits per heavy atom. The molecular weight excluding hydrogens is 288 g/mol. The normalized spacial score (nSPS) is 10.9. The van der Waals surface area contributed by atoms with Gasteiger partial charge in [-0.1, -0.05) is 90.5 Å². The van der Waals surface area contributed by atoms with E-state index >= 15 is 0 Å². The van der Waals surface area contributed by atoms with Crippen molar-refractivity contribution in [3.05, 3.63) is 90.0 Å². The van der Waals surface area contributed by atoms with Crippen LogP contribution in [0.1, 0.15) is 19.4 Å². The molecule has 0 atom stereocenters. The molecule has 0 unspecified atom stereocenters. The van der Waals surface area contributed by atoms with Gasteiger partial charge in [0.15, 0.2) is 0 Å². The summed E-state index contributed by atoms with van der Waals surface area (Å²) in [5.74, 6) is 0. The number of fused-ring (bicyclic) bond motifs is 2. The fourth-order valence-corrected chi connectivity index (χ4v) is 3.46. The third-order valence-corrected chi connectivity index (χ3v) is 4.46. The van der Waals surface area contributed by atoms with Crippen molar-refractivity contribution < 1.29 is 0 Å². The van der Waals surface area contributed by atoms with Crippen LogP contribution in [-0.2, 0) is 0 Å². The first-order chi connectivity index (χ1) is 11.7. The number of benzene rings is 4. The van der Waals surface area contributed by atoms with E-state index in [2.05, 4.69) is 98.8 Å². The third-order valence-electron chi connectivity index (χ3n) is 4.46. The summed E-state index contributed by atoms with van der Waals surface area (Å²) in [7, 11) is 0. The van der Waals surface area contributed by atoms with Gasteiger partial charge in [-0.2, -0.15) is 0 Å². The van der Waals surface area contributed by atoms with Gasteiger partial charge in [0.05, 0.1) is 0 Å². The van der Waals surface area contributed by atoms with E-state index in [0.29, 0.717) is 0 Å². The molecule has 0 bridgehead atoms. The Balaban J connectivity index is 2.16. The summed E-state index contributed by atoms with van der Waals surface area (Å²) in [5.41, 5.74) is 5.22. The first-order valence-corrected chi connectivity index (χ1v) is 8.39. The van der Waals surface area contributed by atoms with E-state index in [-0.39, 0.29) is 0 Å². The highest BCUT2D eigenvalue weighted by Gasteiger charge is 2.11. The number of hydrogen-bond donors (Lipinski definition) is 0. The van der Waals surface area contributed by atoms with E-state index in [1.165, 1.54) is 43.8 Å². The van der Waals surface area contributed by atoms with Crippen molar-refractivity contribution in [1.29, 1.82) is 0 Å². The van der Waals surface area contributed by atoms with Gasteiger partial charge in [-0.15, -0.1) is 0 Å². The predicted molar refractivity (Wildman–Crippen MR) is 106 cm³/mol. The molecule has 0 amide bonds. The van der Waals surface area contributed by atoms with E-state index in [1.54, 1.807) is 0 Å². The van der Waals surface area contributed by atoms with E-state index < -0.39 is 0 Å². The first kappa shape index (κ1) is 14.7. The second kappa shape index (κ2) is 5.98. The Kier molecular flexibility index (Phi) is 3.66. The van der Waals surface area contributed by atoms with Crippen molar-refractivity contribution in [2.24, 2.45) is 0 Å². The van der Waals surface area contributed by atoms with Crippen LogP contribution in [-0.4, -0.2) is 0 Å². The van der Waals surface area contributed by atoms with Crippen LogP contribution in [0.15, 0.2) is 84.4 Å². The average molecular weight is 308 g/mol. The van der Waals surface area contributed by atoms with Crippen molar-refractivity contribution >= 4 is 27.6 Å². The zero-order valence-electron chi connectivity index (χ0n) is 14.1. The summed E-state index contributed by atoms with van der Waals surface area (Å²) < 4.78 is 0. The van der Waals surface area contributed by atoms with Crippen LogP contribution in [0.25, 0.3) is 38.7 Å². The minimum absolute atomic E-state index is 1.28. The van der Waals surface area contributed by atoms with Crippen LogP contribution in [0.5, 0.6) is 0 Å². The van der Waals surface area contributed by atoms with Crippen molar-refractivity contribution in [3.8, 4) is 11.1 Å². The van der Waals surface area contributed by atoms with Crippen molar-refractivity contribution in [2.75, 3.05) is 0 Å². The van der Waals surface area contributed by atoms with Gasteiger partial charge in [-0.05, 0) is 52.1 Å². The quantitative estimate of drug-likeness (QED) is 0.371. The fourth-order valence-electron chi connectivity index (χ4n) is 3.46. The summed E-state index contributed by atoms with van der Waals surface area (Å²) >= 11 is 0. The van der Waals surface area contributed by atoms with Gasteiger partial charge in [-0.3, -0.25) is 0 Å². The molecule has 0 aliphatic rings. The van der Waals surface area contributed by atoms with Gasteiger partial charge in [0.25, 0.3) is 0 Å². The molecule has 4 rings (SSSR count). The Morgan fingerprint density at radius 2 is 1.25 bits per heavy atom. The summed E-state index contributed by atoms with van der Waals surface area (Å²) in [6.45, 7) is 4.31. The van der Waals surface area contributed by atoms with Crippen molar-refractivity contribution in [1.82, 2.24) is 0 Å². The minimum Gasteiger partial charge on any atom is -0.0758 e. The van der Waals surface area contributed by atoms with Gasteiger partial charge in [0.2, 0.25) is 0 Å². The standard InChI is InChI=1S/C24H20/c1-17(2)16-20-15-14-19-9-4-6-12-22(19)24(20)23-13-7-10-18-8-3-5-11-21(18)23/h3-16H,1-2H3. The topological polar surface area (TPSA) is 0 Å². The molecule has 0 fully saturated rings. The molecule has 0 spiro atoms. The molecule has 0 aliphatic carbocycles. The molecular formula is C24H20.